The van der Waals surface area contributed by atoms with E-state index in [9.17, 15) is 14.4 Å². The van der Waals surface area contributed by atoms with Crippen LogP contribution in [-0.2, 0) is 4.57 Å². The SMILES string of the molecule is O=P([O-])([O-])c1nnnc(Cl)c1Cl. The van der Waals surface area contributed by atoms with Gasteiger partial charge in [0.05, 0.1) is 0 Å². The standard InChI is InChI=1S/C3H2Cl2N3O3P/c4-1-2(5)6-8-7-3(1)12(9,10)11/h(H2,9,10,11)/p-2. The van der Waals surface area contributed by atoms with Gasteiger partial charge in [-0.3, -0.25) is 0 Å². The molecule has 0 aliphatic rings. The number of halogens is 2. The highest BCUT2D eigenvalue weighted by molar-refractivity contribution is 7.57. The molecule has 0 bridgehead atoms. The van der Waals surface area contributed by atoms with Crippen LogP contribution in [0.3, 0.4) is 0 Å². The van der Waals surface area contributed by atoms with Gasteiger partial charge in [0, 0.05) is 0 Å². The van der Waals surface area contributed by atoms with E-state index in [1.54, 1.807) is 0 Å². The van der Waals surface area contributed by atoms with E-state index in [4.69, 9.17) is 23.2 Å². The van der Waals surface area contributed by atoms with Crippen molar-refractivity contribution in [3.05, 3.63) is 10.2 Å². The molecule has 0 radical (unpaired) electrons. The van der Waals surface area contributed by atoms with E-state index < -0.39 is 18.1 Å². The van der Waals surface area contributed by atoms with Crippen LogP contribution in [-0.4, -0.2) is 15.4 Å². The maximum absolute atomic E-state index is 10.4. The molecule has 0 amide bonds. The first kappa shape index (κ1) is 9.83. The lowest BCUT2D eigenvalue weighted by molar-refractivity contribution is -0.308. The van der Waals surface area contributed by atoms with Gasteiger partial charge >= 0.3 is 0 Å². The Morgan fingerprint density at radius 3 is 2.25 bits per heavy atom. The lowest BCUT2D eigenvalue weighted by Crippen LogP contribution is -2.29. The Kier molecular flexibility index (Phi) is 2.65. The van der Waals surface area contributed by atoms with E-state index >= 15 is 0 Å². The van der Waals surface area contributed by atoms with Crippen molar-refractivity contribution in [2.45, 2.75) is 0 Å². The molecule has 0 saturated heterocycles. The fourth-order valence-corrected chi connectivity index (χ4v) is 1.53. The van der Waals surface area contributed by atoms with Crippen LogP contribution in [0, 0.1) is 0 Å². The molecule has 0 aliphatic carbocycles. The van der Waals surface area contributed by atoms with E-state index in [0.717, 1.165) is 0 Å². The predicted molar refractivity (Wildman–Crippen MR) is 37.1 cm³/mol. The molecule has 1 aromatic heterocycles. The van der Waals surface area contributed by atoms with Gasteiger partial charge in [-0.05, 0) is 12.8 Å². The fraction of sp³-hybridized carbons (Fsp3) is 0. The van der Waals surface area contributed by atoms with Gasteiger partial charge < -0.3 is 14.4 Å². The Morgan fingerprint density at radius 2 is 1.83 bits per heavy atom. The maximum atomic E-state index is 10.4. The van der Waals surface area contributed by atoms with Crippen molar-refractivity contribution >= 4 is 36.2 Å². The maximum Gasteiger partial charge on any atom is 0.174 e. The van der Waals surface area contributed by atoms with Crippen LogP contribution < -0.4 is 15.2 Å². The fourth-order valence-electron chi connectivity index (χ4n) is 0.459. The highest BCUT2D eigenvalue weighted by Gasteiger charge is 2.10. The second kappa shape index (κ2) is 3.24. The molecule has 0 aliphatic heterocycles. The Hall–Kier alpha value is -0.260. The summed E-state index contributed by atoms with van der Waals surface area (Å²) >= 11 is 10.6. The molecule has 0 unspecified atom stereocenters. The van der Waals surface area contributed by atoms with Gasteiger partial charge in [0.25, 0.3) is 0 Å². The van der Waals surface area contributed by atoms with E-state index in [0.29, 0.717) is 0 Å². The highest BCUT2D eigenvalue weighted by Crippen LogP contribution is 2.27. The third kappa shape index (κ3) is 1.91. The molecule has 6 nitrogen and oxygen atoms in total. The zero-order valence-electron chi connectivity index (χ0n) is 5.27. The van der Waals surface area contributed by atoms with Crippen molar-refractivity contribution in [2.75, 3.05) is 0 Å². The summed E-state index contributed by atoms with van der Waals surface area (Å²) in [4.78, 5) is 20.8. The van der Waals surface area contributed by atoms with Crippen molar-refractivity contribution in [1.29, 1.82) is 0 Å². The van der Waals surface area contributed by atoms with Crippen LogP contribution in [0.5, 0.6) is 0 Å². The lowest BCUT2D eigenvalue weighted by atomic mass is 10.7. The summed E-state index contributed by atoms with van der Waals surface area (Å²) in [5.74, 6) is 0. The number of hydrogen-bond donors (Lipinski definition) is 0. The number of rotatable bonds is 1. The monoisotopic (exact) mass is 227 g/mol. The summed E-state index contributed by atoms with van der Waals surface area (Å²) in [5, 5.41) is 8.13. The van der Waals surface area contributed by atoms with E-state index in [-0.39, 0.29) is 5.15 Å². The molecule has 0 N–H and O–H groups in total. The van der Waals surface area contributed by atoms with Gasteiger partial charge in [-0.15, -0.1) is 10.2 Å². The van der Waals surface area contributed by atoms with Crippen LogP contribution in [0.4, 0.5) is 0 Å². The average Bonchev–Trinajstić information content (AvgIpc) is 1.92. The molecule has 0 aromatic carbocycles. The predicted octanol–water partition coefficient (Wildman–Crippen LogP) is -1.28. The first-order valence-corrected chi connectivity index (χ1v) is 4.80. The summed E-state index contributed by atoms with van der Waals surface area (Å²) in [7, 11) is -5.01. The summed E-state index contributed by atoms with van der Waals surface area (Å²) in [5.41, 5.74) is -0.885. The second-order valence-electron chi connectivity index (χ2n) is 1.72. The van der Waals surface area contributed by atoms with E-state index in [2.05, 4.69) is 15.4 Å². The number of aromatic nitrogens is 3. The Bertz CT molecular complexity index is 353. The Labute approximate surface area is 76.7 Å². The quantitative estimate of drug-likeness (QED) is 0.554. The van der Waals surface area contributed by atoms with E-state index in [1.165, 1.54) is 0 Å². The molecule has 1 aromatic rings. The highest BCUT2D eigenvalue weighted by atomic mass is 35.5. The molecule has 0 atom stereocenters. The van der Waals surface area contributed by atoms with Crippen LogP contribution >= 0.6 is 30.8 Å². The normalized spacial score (nSPS) is 11.7. The third-order valence-corrected chi connectivity index (χ3v) is 2.59. The first-order chi connectivity index (χ1) is 5.43. The van der Waals surface area contributed by atoms with Gasteiger partial charge in [0.2, 0.25) is 0 Å². The molecular formula is C3Cl2N3O3P-2. The molecule has 12 heavy (non-hydrogen) atoms. The molecule has 0 spiro atoms. The zero-order chi connectivity index (χ0) is 9.35. The molecule has 9 heteroatoms. The van der Waals surface area contributed by atoms with Crippen molar-refractivity contribution < 1.29 is 14.4 Å². The minimum absolute atomic E-state index is 0.367. The third-order valence-electron chi connectivity index (χ3n) is 0.909. The van der Waals surface area contributed by atoms with Gasteiger partial charge in [-0.2, -0.15) is 0 Å². The van der Waals surface area contributed by atoms with Gasteiger partial charge in [0.1, 0.15) is 10.5 Å². The smallest absolute Gasteiger partial charge is 0.174 e. The van der Waals surface area contributed by atoms with Crippen LogP contribution in [0.25, 0.3) is 0 Å². The summed E-state index contributed by atoms with van der Waals surface area (Å²) in [6.45, 7) is 0. The summed E-state index contributed by atoms with van der Waals surface area (Å²) in [6, 6.07) is 0. The molecule has 1 heterocycles. The molecule has 66 valence electrons. The molecule has 0 fully saturated rings. The van der Waals surface area contributed by atoms with Crippen molar-refractivity contribution in [3.8, 4) is 0 Å². The van der Waals surface area contributed by atoms with Crippen molar-refractivity contribution in [2.24, 2.45) is 0 Å². The van der Waals surface area contributed by atoms with Gasteiger partial charge in [0.15, 0.2) is 5.15 Å². The second-order valence-corrected chi connectivity index (χ2v) is 3.87. The largest absolute Gasteiger partial charge is 0.806 e. The van der Waals surface area contributed by atoms with Crippen molar-refractivity contribution in [1.82, 2.24) is 15.4 Å². The van der Waals surface area contributed by atoms with Gasteiger partial charge in [-0.1, -0.05) is 23.2 Å². The van der Waals surface area contributed by atoms with Gasteiger partial charge in [-0.25, -0.2) is 0 Å². The van der Waals surface area contributed by atoms with E-state index in [1.807, 2.05) is 0 Å². The summed E-state index contributed by atoms with van der Waals surface area (Å²) < 4.78 is 10.4. The lowest BCUT2D eigenvalue weighted by Gasteiger charge is -2.28. The molecular weight excluding hydrogens is 228 g/mol. The molecule has 0 saturated carbocycles. The Morgan fingerprint density at radius 1 is 1.25 bits per heavy atom. The first-order valence-electron chi connectivity index (χ1n) is 2.50. The van der Waals surface area contributed by atoms with Crippen LogP contribution in [0.2, 0.25) is 10.2 Å². The Balaban J connectivity index is 3.36. The topological polar surface area (TPSA) is 102 Å². The number of nitrogens with zero attached hydrogens (tertiary/aromatic N) is 3. The minimum Gasteiger partial charge on any atom is -0.806 e. The van der Waals surface area contributed by atoms with Crippen LogP contribution in [0.15, 0.2) is 0 Å². The minimum atomic E-state index is -5.01. The van der Waals surface area contributed by atoms with Crippen LogP contribution in [0.1, 0.15) is 0 Å². The number of hydrogen-bond acceptors (Lipinski definition) is 6. The van der Waals surface area contributed by atoms with Crippen molar-refractivity contribution in [3.63, 3.8) is 0 Å². The zero-order valence-corrected chi connectivity index (χ0v) is 7.68. The molecule has 1 rings (SSSR count). The average molecular weight is 228 g/mol. The summed E-state index contributed by atoms with van der Waals surface area (Å²) in [6.07, 6.45) is 0.